The molecule has 0 spiro atoms. The third-order valence-corrected chi connectivity index (χ3v) is 3.76. The molecule has 1 aliphatic carbocycles. The highest BCUT2D eigenvalue weighted by molar-refractivity contribution is 5.07. The average Bonchev–Trinajstić information content (AvgIpc) is 2.24. The second-order valence-electron chi connectivity index (χ2n) is 6.11. The van der Waals surface area contributed by atoms with Gasteiger partial charge in [-0.15, -0.1) is 0 Å². The summed E-state index contributed by atoms with van der Waals surface area (Å²) in [6, 6.07) is 0.762. The summed E-state index contributed by atoms with van der Waals surface area (Å²) in [5.41, 5.74) is 1.62. The topological polar surface area (TPSA) is 21.1 Å². The van der Waals surface area contributed by atoms with Gasteiger partial charge < -0.3 is 10.2 Å². The van der Waals surface area contributed by atoms with Gasteiger partial charge in [0.25, 0.3) is 0 Å². The molecule has 1 rings (SSSR count). The lowest BCUT2D eigenvalue weighted by atomic mass is 9.84. The molecular formula is C15H32N2+2. The van der Waals surface area contributed by atoms with Crippen molar-refractivity contribution in [3.63, 3.8) is 0 Å². The molecule has 0 fully saturated rings. The number of hydrogen-bond acceptors (Lipinski definition) is 0. The van der Waals surface area contributed by atoms with E-state index in [1.807, 2.05) is 0 Å². The van der Waals surface area contributed by atoms with Gasteiger partial charge in [-0.2, -0.15) is 0 Å². The van der Waals surface area contributed by atoms with Gasteiger partial charge in [0.1, 0.15) is 6.04 Å². The van der Waals surface area contributed by atoms with Gasteiger partial charge in [-0.05, 0) is 25.3 Å². The monoisotopic (exact) mass is 240 g/mol. The second-order valence-corrected chi connectivity index (χ2v) is 6.11. The quantitative estimate of drug-likeness (QED) is 0.481. The SMILES string of the molecule is CCC[C@H]1CC(C)=C[C@@H]([NH2+]CCC[NH+](C)C)C1. The third kappa shape index (κ3) is 6.23. The number of quaternary nitrogens is 2. The van der Waals surface area contributed by atoms with Crippen molar-refractivity contribution in [3.8, 4) is 0 Å². The summed E-state index contributed by atoms with van der Waals surface area (Å²) in [5.74, 6) is 0.950. The number of allylic oxidation sites excluding steroid dienone is 1. The molecule has 17 heavy (non-hydrogen) atoms. The molecule has 0 radical (unpaired) electrons. The minimum absolute atomic E-state index is 0.762. The fourth-order valence-corrected chi connectivity index (χ4v) is 3.01. The lowest BCUT2D eigenvalue weighted by Gasteiger charge is -2.26. The summed E-state index contributed by atoms with van der Waals surface area (Å²) in [6.45, 7) is 7.21. The Morgan fingerprint density at radius 2 is 2.18 bits per heavy atom. The van der Waals surface area contributed by atoms with E-state index in [1.165, 1.54) is 45.2 Å². The van der Waals surface area contributed by atoms with E-state index in [0.29, 0.717) is 0 Å². The van der Waals surface area contributed by atoms with Crippen molar-refractivity contribution in [2.75, 3.05) is 27.2 Å². The summed E-state index contributed by atoms with van der Waals surface area (Å²) in [6.07, 6.45) is 9.35. The van der Waals surface area contributed by atoms with E-state index in [-0.39, 0.29) is 0 Å². The lowest BCUT2D eigenvalue weighted by Crippen LogP contribution is -3.06. The van der Waals surface area contributed by atoms with Crippen molar-refractivity contribution >= 4 is 0 Å². The van der Waals surface area contributed by atoms with Crippen molar-refractivity contribution in [3.05, 3.63) is 11.6 Å². The largest absolute Gasteiger partial charge is 0.340 e. The van der Waals surface area contributed by atoms with Crippen LogP contribution in [0.5, 0.6) is 0 Å². The Labute approximate surface area is 107 Å². The lowest BCUT2D eigenvalue weighted by molar-refractivity contribution is -0.860. The van der Waals surface area contributed by atoms with Gasteiger partial charge in [0, 0.05) is 12.8 Å². The van der Waals surface area contributed by atoms with Gasteiger partial charge in [0.2, 0.25) is 0 Å². The zero-order valence-corrected chi connectivity index (χ0v) is 12.3. The molecule has 0 aromatic rings. The summed E-state index contributed by atoms with van der Waals surface area (Å²) >= 11 is 0. The van der Waals surface area contributed by atoms with E-state index in [0.717, 1.165) is 12.0 Å². The fourth-order valence-electron chi connectivity index (χ4n) is 3.01. The average molecular weight is 240 g/mol. The first-order valence-corrected chi connectivity index (χ1v) is 7.41. The van der Waals surface area contributed by atoms with Gasteiger partial charge in [0.05, 0.1) is 27.2 Å². The van der Waals surface area contributed by atoms with Crippen molar-refractivity contribution in [2.45, 2.75) is 52.0 Å². The molecule has 0 aliphatic heterocycles. The van der Waals surface area contributed by atoms with E-state index < -0.39 is 0 Å². The molecule has 3 N–H and O–H groups in total. The van der Waals surface area contributed by atoms with Crippen LogP contribution in [0.4, 0.5) is 0 Å². The van der Waals surface area contributed by atoms with Crippen LogP contribution < -0.4 is 10.2 Å². The maximum atomic E-state index is 2.56. The van der Waals surface area contributed by atoms with Crippen LogP contribution in [0.1, 0.15) is 46.0 Å². The Hall–Kier alpha value is -0.340. The molecule has 0 saturated carbocycles. The molecule has 2 nitrogen and oxygen atoms in total. The summed E-state index contributed by atoms with van der Waals surface area (Å²) < 4.78 is 0. The van der Waals surface area contributed by atoms with E-state index in [4.69, 9.17) is 0 Å². The number of rotatable bonds is 7. The van der Waals surface area contributed by atoms with E-state index in [9.17, 15) is 0 Å². The Bertz CT molecular complexity index is 233. The number of hydrogen-bond donors (Lipinski definition) is 2. The molecule has 0 aromatic carbocycles. The maximum absolute atomic E-state index is 2.56. The van der Waals surface area contributed by atoms with Crippen LogP contribution in [0.25, 0.3) is 0 Å². The first kappa shape index (κ1) is 14.7. The zero-order chi connectivity index (χ0) is 12.7. The Kier molecular flexibility index (Phi) is 6.83. The highest BCUT2D eigenvalue weighted by Crippen LogP contribution is 2.26. The highest BCUT2D eigenvalue weighted by atomic mass is 15.1. The van der Waals surface area contributed by atoms with Crippen LogP contribution in [-0.2, 0) is 0 Å². The predicted molar refractivity (Wildman–Crippen MR) is 74.3 cm³/mol. The van der Waals surface area contributed by atoms with E-state index in [1.54, 1.807) is 10.5 Å². The van der Waals surface area contributed by atoms with Crippen LogP contribution in [0.3, 0.4) is 0 Å². The van der Waals surface area contributed by atoms with Crippen molar-refractivity contribution in [1.82, 2.24) is 0 Å². The summed E-state index contributed by atoms with van der Waals surface area (Å²) in [7, 11) is 4.48. The number of nitrogens with one attached hydrogen (secondary N) is 1. The summed E-state index contributed by atoms with van der Waals surface area (Å²) in [5, 5.41) is 2.56. The van der Waals surface area contributed by atoms with Gasteiger partial charge in [-0.25, -0.2) is 0 Å². The molecule has 0 amide bonds. The van der Waals surface area contributed by atoms with Gasteiger partial charge in [-0.3, -0.25) is 0 Å². The molecule has 0 heterocycles. The van der Waals surface area contributed by atoms with Crippen LogP contribution in [0.15, 0.2) is 11.6 Å². The molecule has 100 valence electrons. The smallest absolute Gasteiger partial charge is 0.105 e. The normalized spacial score (nSPS) is 25.1. The molecule has 1 aliphatic rings. The maximum Gasteiger partial charge on any atom is 0.105 e. The van der Waals surface area contributed by atoms with Crippen LogP contribution in [0, 0.1) is 5.92 Å². The first-order valence-electron chi connectivity index (χ1n) is 7.41. The van der Waals surface area contributed by atoms with Crippen molar-refractivity contribution in [1.29, 1.82) is 0 Å². The Morgan fingerprint density at radius 3 is 2.82 bits per heavy atom. The molecular weight excluding hydrogens is 208 g/mol. The van der Waals surface area contributed by atoms with Gasteiger partial charge in [0.15, 0.2) is 0 Å². The summed E-state index contributed by atoms with van der Waals surface area (Å²) in [4.78, 5) is 1.57. The molecule has 0 saturated heterocycles. The van der Waals surface area contributed by atoms with Crippen LogP contribution >= 0.6 is 0 Å². The second kappa shape index (κ2) is 7.88. The fraction of sp³-hybridized carbons (Fsp3) is 0.867. The Morgan fingerprint density at radius 1 is 1.41 bits per heavy atom. The van der Waals surface area contributed by atoms with E-state index in [2.05, 4.69) is 39.3 Å². The molecule has 2 heteroatoms. The zero-order valence-electron chi connectivity index (χ0n) is 12.3. The van der Waals surface area contributed by atoms with Crippen molar-refractivity contribution < 1.29 is 10.2 Å². The molecule has 0 unspecified atom stereocenters. The number of nitrogens with two attached hydrogens (primary N) is 1. The highest BCUT2D eigenvalue weighted by Gasteiger charge is 2.21. The molecule has 2 atom stereocenters. The first-order chi connectivity index (χ1) is 8.11. The Balaban J connectivity index is 2.25. The van der Waals surface area contributed by atoms with Gasteiger partial charge in [-0.1, -0.05) is 25.3 Å². The predicted octanol–water partition coefficient (Wildman–Crippen LogP) is 0.609. The van der Waals surface area contributed by atoms with Crippen LogP contribution in [-0.4, -0.2) is 33.2 Å². The van der Waals surface area contributed by atoms with E-state index >= 15 is 0 Å². The standard InChI is InChI=1S/C15H30N2/c1-5-7-14-10-13(2)11-15(12-14)16-8-6-9-17(3)4/h11,14-16H,5-10,12H2,1-4H3/p+2/t14-,15+/m0/s1. The minimum Gasteiger partial charge on any atom is -0.340 e. The molecule has 0 bridgehead atoms. The minimum atomic E-state index is 0.762. The molecule has 0 aromatic heterocycles. The van der Waals surface area contributed by atoms with Crippen LogP contribution in [0.2, 0.25) is 0 Å². The van der Waals surface area contributed by atoms with Crippen molar-refractivity contribution in [2.24, 2.45) is 5.92 Å². The van der Waals surface area contributed by atoms with Gasteiger partial charge >= 0.3 is 0 Å². The third-order valence-electron chi connectivity index (χ3n) is 3.76.